The van der Waals surface area contributed by atoms with E-state index in [9.17, 15) is 0 Å². The molecule has 13 heavy (non-hydrogen) atoms. The zero-order valence-corrected chi connectivity index (χ0v) is 8.92. The first-order valence-corrected chi connectivity index (χ1v) is 4.49. The van der Waals surface area contributed by atoms with Crippen LogP contribution in [0.15, 0.2) is 24.3 Å². The summed E-state index contributed by atoms with van der Waals surface area (Å²) in [6.07, 6.45) is 1.09. The third-order valence-corrected chi connectivity index (χ3v) is 1.57. The third kappa shape index (κ3) is 5.26. The Balaban J connectivity index is 0.000000424. The highest BCUT2D eigenvalue weighted by molar-refractivity contribution is 5.26. The Morgan fingerprint density at radius 3 is 1.92 bits per heavy atom. The predicted molar refractivity (Wildman–Crippen MR) is 57.4 cm³/mol. The molecule has 2 nitrogen and oxygen atoms in total. The van der Waals surface area contributed by atoms with Gasteiger partial charge >= 0.3 is 0 Å². The Morgan fingerprint density at radius 1 is 1.15 bits per heavy atom. The first kappa shape index (κ1) is 12.0. The van der Waals surface area contributed by atoms with Gasteiger partial charge in [0.2, 0.25) is 0 Å². The fraction of sp³-hybridized carbons (Fsp3) is 0.455. The molecule has 0 amide bonds. The maximum atomic E-state index is 5.01. The molecule has 0 saturated heterocycles. The molecule has 0 atom stereocenters. The monoisotopic (exact) mass is 181 g/mol. The fourth-order valence-corrected chi connectivity index (χ4v) is 0.861. The van der Waals surface area contributed by atoms with Gasteiger partial charge < -0.3 is 10.1 Å². The van der Waals surface area contributed by atoms with Crippen molar-refractivity contribution >= 4 is 0 Å². The number of methoxy groups -OCH3 is 1. The SMILES string of the molecule is CCc1ccc(OC)cc1.CNC. The molecule has 0 unspecified atom stereocenters. The highest BCUT2D eigenvalue weighted by atomic mass is 16.5. The van der Waals surface area contributed by atoms with Crippen LogP contribution in [-0.4, -0.2) is 21.2 Å². The lowest BCUT2D eigenvalue weighted by molar-refractivity contribution is 0.414. The van der Waals surface area contributed by atoms with Gasteiger partial charge in [-0.15, -0.1) is 0 Å². The second-order valence-electron chi connectivity index (χ2n) is 2.70. The minimum absolute atomic E-state index is 0.928. The predicted octanol–water partition coefficient (Wildman–Crippen LogP) is 2.09. The Morgan fingerprint density at radius 2 is 1.62 bits per heavy atom. The van der Waals surface area contributed by atoms with Gasteiger partial charge in [0.15, 0.2) is 0 Å². The standard InChI is InChI=1S/C9H12O.C2H7N/c1-3-8-4-6-9(10-2)7-5-8;1-3-2/h4-7H,3H2,1-2H3;3H,1-2H3. The molecule has 1 N–H and O–H groups in total. The molecule has 1 rings (SSSR count). The quantitative estimate of drug-likeness (QED) is 0.754. The average molecular weight is 181 g/mol. The van der Waals surface area contributed by atoms with E-state index in [-0.39, 0.29) is 0 Å². The summed E-state index contributed by atoms with van der Waals surface area (Å²) < 4.78 is 5.01. The van der Waals surface area contributed by atoms with E-state index >= 15 is 0 Å². The van der Waals surface area contributed by atoms with Crippen LogP contribution in [0.2, 0.25) is 0 Å². The second kappa shape index (κ2) is 7.62. The van der Waals surface area contributed by atoms with Crippen LogP contribution in [0.25, 0.3) is 0 Å². The van der Waals surface area contributed by atoms with Crippen LogP contribution >= 0.6 is 0 Å². The smallest absolute Gasteiger partial charge is 0.118 e. The molecule has 0 aliphatic carbocycles. The van der Waals surface area contributed by atoms with Crippen LogP contribution < -0.4 is 10.1 Å². The largest absolute Gasteiger partial charge is 0.497 e. The fourth-order valence-electron chi connectivity index (χ4n) is 0.861. The number of hydrogen-bond donors (Lipinski definition) is 1. The first-order chi connectivity index (χ1) is 6.28. The van der Waals surface area contributed by atoms with E-state index in [2.05, 4.69) is 24.4 Å². The van der Waals surface area contributed by atoms with Crippen molar-refractivity contribution in [3.8, 4) is 5.75 Å². The molecule has 74 valence electrons. The average Bonchev–Trinajstić information content (AvgIpc) is 2.19. The van der Waals surface area contributed by atoms with E-state index in [1.807, 2.05) is 26.2 Å². The second-order valence-corrected chi connectivity index (χ2v) is 2.70. The van der Waals surface area contributed by atoms with Gasteiger partial charge in [-0.05, 0) is 38.2 Å². The number of benzene rings is 1. The van der Waals surface area contributed by atoms with Crippen LogP contribution in [0.1, 0.15) is 12.5 Å². The van der Waals surface area contributed by atoms with Crippen LogP contribution in [-0.2, 0) is 6.42 Å². The van der Waals surface area contributed by atoms with Crippen molar-refractivity contribution in [3.63, 3.8) is 0 Å². The molecule has 0 heterocycles. The molecule has 0 aromatic heterocycles. The number of rotatable bonds is 2. The van der Waals surface area contributed by atoms with Gasteiger partial charge in [-0.1, -0.05) is 19.1 Å². The van der Waals surface area contributed by atoms with E-state index in [1.54, 1.807) is 7.11 Å². The van der Waals surface area contributed by atoms with E-state index in [4.69, 9.17) is 4.74 Å². The van der Waals surface area contributed by atoms with E-state index < -0.39 is 0 Å². The van der Waals surface area contributed by atoms with Crippen molar-refractivity contribution in [1.29, 1.82) is 0 Å². The number of hydrogen-bond acceptors (Lipinski definition) is 2. The normalized spacial score (nSPS) is 8.62. The Kier molecular flexibility index (Phi) is 7.02. The molecule has 0 radical (unpaired) electrons. The molecule has 1 aromatic rings. The van der Waals surface area contributed by atoms with Gasteiger partial charge in [0.1, 0.15) is 5.75 Å². The highest BCUT2D eigenvalue weighted by Gasteiger charge is 1.89. The Hall–Kier alpha value is -1.02. The van der Waals surface area contributed by atoms with E-state index in [1.165, 1.54) is 5.56 Å². The van der Waals surface area contributed by atoms with Gasteiger partial charge in [0.25, 0.3) is 0 Å². The minimum Gasteiger partial charge on any atom is -0.497 e. The summed E-state index contributed by atoms with van der Waals surface area (Å²) in [6.45, 7) is 2.14. The summed E-state index contributed by atoms with van der Waals surface area (Å²) >= 11 is 0. The molecule has 0 saturated carbocycles. The maximum Gasteiger partial charge on any atom is 0.118 e. The van der Waals surface area contributed by atoms with E-state index in [0.717, 1.165) is 12.2 Å². The van der Waals surface area contributed by atoms with Crippen LogP contribution in [0.3, 0.4) is 0 Å². The number of nitrogens with one attached hydrogen (secondary N) is 1. The maximum absolute atomic E-state index is 5.01. The topological polar surface area (TPSA) is 21.3 Å². The molecule has 0 spiro atoms. The molecular weight excluding hydrogens is 162 g/mol. The summed E-state index contributed by atoms with van der Waals surface area (Å²) in [5.41, 5.74) is 1.35. The van der Waals surface area contributed by atoms with Crippen molar-refractivity contribution in [3.05, 3.63) is 29.8 Å². The van der Waals surface area contributed by atoms with Gasteiger partial charge in [-0.3, -0.25) is 0 Å². The van der Waals surface area contributed by atoms with Crippen molar-refractivity contribution < 1.29 is 4.74 Å². The van der Waals surface area contributed by atoms with Crippen molar-refractivity contribution in [2.45, 2.75) is 13.3 Å². The summed E-state index contributed by atoms with van der Waals surface area (Å²) in [5.74, 6) is 0.928. The molecule has 0 bridgehead atoms. The van der Waals surface area contributed by atoms with Crippen molar-refractivity contribution in [2.24, 2.45) is 0 Å². The van der Waals surface area contributed by atoms with Gasteiger partial charge in [-0.25, -0.2) is 0 Å². The first-order valence-electron chi connectivity index (χ1n) is 4.49. The molecule has 0 aliphatic rings. The van der Waals surface area contributed by atoms with Crippen LogP contribution in [0.5, 0.6) is 5.75 Å². The minimum atomic E-state index is 0.928. The summed E-state index contributed by atoms with van der Waals surface area (Å²) in [4.78, 5) is 0. The summed E-state index contributed by atoms with van der Waals surface area (Å²) in [7, 11) is 5.43. The van der Waals surface area contributed by atoms with Crippen molar-refractivity contribution in [1.82, 2.24) is 5.32 Å². The van der Waals surface area contributed by atoms with E-state index in [0.29, 0.717) is 0 Å². The summed E-state index contributed by atoms with van der Waals surface area (Å²) in [5, 5.41) is 2.75. The molecule has 0 fully saturated rings. The number of ether oxygens (including phenoxy) is 1. The lowest BCUT2D eigenvalue weighted by Crippen LogP contribution is -1.89. The molecule has 0 aliphatic heterocycles. The van der Waals surface area contributed by atoms with Gasteiger partial charge in [-0.2, -0.15) is 0 Å². The zero-order valence-electron chi connectivity index (χ0n) is 8.92. The number of aryl methyl sites for hydroxylation is 1. The van der Waals surface area contributed by atoms with Crippen LogP contribution in [0.4, 0.5) is 0 Å². The third-order valence-electron chi connectivity index (χ3n) is 1.57. The lowest BCUT2D eigenvalue weighted by atomic mass is 10.2. The highest BCUT2D eigenvalue weighted by Crippen LogP contribution is 2.10. The molecule has 1 aromatic carbocycles. The lowest BCUT2D eigenvalue weighted by Gasteiger charge is -1.99. The molecular formula is C11H19NO. The molecule has 2 heteroatoms. The summed E-state index contributed by atoms with van der Waals surface area (Å²) in [6, 6.07) is 8.13. The Bertz CT molecular complexity index is 183. The zero-order chi connectivity index (χ0) is 10.1. The van der Waals surface area contributed by atoms with Gasteiger partial charge in [0, 0.05) is 0 Å². The van der Waals surface area contributed by atoms with Gasteiger partial charge in [0.05, 0.1) is 7.11 Å². The Labute approximate surface area is 80.9 Å². The van der Waals surface area contributed by atoms with Crippen LogP contribution in [0, 0.1) is 0 Å². The van der Waals surface area contributed by atoms with Crippen molar-refractivity contribution in [2.75, 3.05) is 21.2 Å².